The zero-order chi connectivity index (χ0) is 30.0. The van der Waals surface area contributed by atoms with Crippen molar-refractivity contribution in [2.75, 3.05) is 41.8 Å². The minimum absolute atomic E-state index is 0.0288. The normalized spacial score (nSPS) is 12.6. The molecule has 0 saturated carbocycles. The molecule has 12 nitrogen and oxygen atoms in total. The summed E-state index contributed by atoms with van der Waals surface area (Å²) in [7, 11) is 5.89. The van der Waals surface area contributed by atoms with Crippen LogP contribution < -0.4 is 33.8 Å². The van der Waals surface area contributed by atoms with Crippen molar-refractivity contribution in [3.8, 4) is 34.5 Å². The second-order valence-electron chi connectivity index (χ2n) is 9.16. The summed E-state index contributed by atoms with van der Waals surface area (Å²) in [4.78, 5) is 25.4. The lowest BCUT2D eigenvalue weighted by Crippen LogP contribution is -2.39. The van der Waals surface area contributed by atoms with Crippen molar-refractivity contribution in [2.45, 2.75) is 13.8 Å². The summed E-state index contributed by atoms with van der Waals surface area (Å²) in [5.74, 6) is 1.06. The monoisotopic (exact) mass is 578 g/mol. The Balaban J connectivity index is 1.38. The van der Waals surface area contributed by atoms with Gasteiger partial charge in [0.2, 0.25) is 11.5 Å². The first-order valence-corrected chi connectivity index (χ1v) is 12.8. The number of furan rings is 2. The van der Waals surface area contributed by atoms with Crippen molar-refractivity contribution in [1.82, 2.24) is 10.4 Å². The van der Waals surface area contributed by atoms with Gasteiger partial charge in [-0.2, -0.15) is 0 Å². The average molecular weight is 579 g/mol. The van der Waals surface area contributed by atoms with E-state index in [0.29, 0.717) is 39.1 Å². The molecule has 42 heavy (non-hydrogen) atoms. The molecule has 0 fully saturated rings. The molecule has 0 unspecified atom stereocenters. The lowest BCUT2D eigenvalue weighted by atomic mass is 10.0. The molecule has 1 aliphatic rings. The highest BCUT2D eigenvalue weighted by atomic mass is 16.5. The number of methoxy groups -OCH3 is 4. The molecule has 4 aromatic rings. The molecule has 12 heteroatoms. The fraction of sp³-hybridized carbons (Fsp3) is 0.267. The molecule has 1 N–H and O–H groups in total. The van der Waals surface area contributed by atoms with Crippen molar-refractivity contribution in [2.24, 2.45) is 0 Å². The molecule has 220 valence electrons. The topological polar surface area (TPSA) is 131 Å². The summed E-state index contributed by atoms with van der Waals surface area (Å²) < 4.78 is 45.7. The van der Waals surface area contributed by atoms with Crippen LogP contribution in [0.25, 0.3) is 21.9 Å². The molecule has 0 atom stereocenters. The average Bonchev–Trinajstić information content (AvgIpc) is 3.67. The summed E-state index contributed by atoms with van der Waals surface area (Å²) in [6, 6.07) is 3.40. The molecular formula is C30H30N2O10. The van der Waals surface area contributed by atoms with Gasteiger partial charge in [-0.3, -0.25) is 20.0 Å². The molecule has 2 aromatic heterocycles. The molecule has 0 radical (unpaired) electrons. The van der Waals surface area contributed by atoms with E-state index in [1.54, 1.807) is 35.5 Å². The van der Waals surface area contributed by atoms with Crippen LogP contribution in [-0.4, -0.2) is 58.4 Å². The number of benzene rings is 2. The number of carbonyl (C=O) groups excluding carboxylic acids is 2. The molecule has 5 rings (SSSR count). The highest BCUT2D eigenvalue weighted by Gasteiger charge is 2.29. The lowest BCUT2D eigenvalue weighted by Gasteiger charge is -2.28. The van der Waals surface area contributed by atoms with Crippen LogP contribution >= 0.6 is 0 Å². The fourth-order valence-corrected chi connectivity index (χ4v) is 4.91. The standard InChI is InChI=1S/C30H30N2O10/c1-16(33)21-23(35-3)19-9-12-39-25(19)29(37-5)27(21)41-14-18-8-7-11-32(31-18)15-42-28-22(17(2)34)24(36-4)20-10-13-40-26(20)30(28)38-6/h7-13,31H,14-15H2,1-6H3. The predicted molar refractivity (Wildman–Crippen MR) is 152 cm³/mol. The Morgan fingerprint density at radius 2 is 1.24 bits per heavy atom. The molecule has 1 aliphatic heterocycles. The van der Waals surface area contributed by atoms with Gasteiger partial charge in [-0.05, 0) is 38.1 Å². The van der Waals surface area contributed by atoms with Gasteiger partial charge in [0, 0.05) is 6.20 Å². The van der Waals surface area contributed by atoms with E-state index in [1.807, 2.05) is 0 Å². The van der Waals surface area contributed by atoms with Crippen LogP contribution in [0.15, 0.2) is 57.5 Å². The molecule has 2 aromatic carbocycles. The van der Waals surface area contributed by atoms with Crippen molar-refractivity contribution in [1.29, 1.82) is 0 Å². The number of ketones is 2. The van der Waals surface area contributed by atoms with E-state index in [2.05, 4.69) is 5.43 Å². The third-order valence-corrected chi connectivity index (χ3v) is 6.64. The number of hydrazine groups is 1. The third kappa shape index (κ3) is 4.80. The van der Waals surface area contributed by atoms with Crippen LogP contribution in [0.3, 0.4) is 0 Å². The molecular weight excluding hydrogens is 548 g/mol. The maximum absolute atomic E-state index is 12.7. The summed E-state index contributed by atoms with van der Waals surface area (Å²) in [6.07, 6.45) is 8.31. The van der Waals surface area contributed by atoms with E-state index in [9.17, 15) is 9.59 Å². The van der Waals surface area contributed by atoms with Crippen LogP contribution in [0.5, 0.6) is 34.5 Å². The van der Waals surface area contributed by atoms with E-state index in [4.69, 9.17) is 37.3 Å². The number of allylic oxidation sites excluding steroid dienone is 2. The molecule has 0 spiro atoms. The molecule has 0 aliphatic carbocycles. The molecule has 3 heterocycles. The Kier molecular flexibility index (Phi) is 7.87. The van der Waals surface area contributed by atoms with E-state index in [0.717, 1.165) is 0 Å². The number of fused-ring (bicyclic) bond motifs is 2. The Labute approximate surface area is 240 Å². The number of Topliss-reactive ketones (excluding diaryl/α,β-unsaturated/α-hetero) is 2. The second kappa shape index (κ2) is 11.7. The van der Waals surface area contributed by atoms with Crippen molar-refractivity contribution >= 4 is 33.5 Å². The fourth-order valence-electron chi connectivity index (χ4n) is 4.91. The van der Waals surface area contributed by atoms with Crippen molar-refractivity contribution in [3.63, 3.8) is 0 Å². The SMILES string of the molecule is COc1c(C(C)=O)c(OCC2=CC=CN(COc3c(C(C)=O)c(OC)c4ccoc4c3OC)N2)c(OC)c2occc12. The highest BCUT2D eigenvalue weighted by molar-refractivity contribution is 6.09. The number of ether oxygens (including phenoxy) is 6. The van der Waals surface area contributed by atoms with Crippen LogP contribution in [0, 0.1) is 0 Å². The number of carbonyl (C=O) groups is 2. The zero-order valence-electron chi connectivity index (χ0n) is 24.0. The van der Waals surface area contributed by atoms with Gasteiger partial charge >= 0.3 is 0 Å². The van der Waals surface area contributed by atoms with Gasteiger partial charge in [-0.15, -0.1) is 0 Å². The molecule has 0 saturated heterocycles. The number of rotatable bonds is 12. The zero-order valence-corrected chi connectivity index (χ0v) is 24.0. The Hall–Kier alpha value is -5.26. The predicted octanol–water partition coefficient (Wildman–Crippen LogP) is 5.25. The molecule has 0 amide bonds. The summed E-state index contributed by atoms with van der Waals surface area (Å²) in [5.41, 5.74) is 5.08. The largest absolute Gasteiger partial charge is 0.495 e. The highest BCUT2D eigenvalue weighted by Crippen LogP contribution is 2.48. The lowest BCUT2D eigenvalue weighted by molar-refractivity contribution is 0.0988. The van der Waals surface area contributed by atoms with Crippen LogP contribution in [0.1, 0.15) is 34.6 Å². The van der Waals surface area contributed by atoms with Crippen LogP contribution in [0.2, 0.25) is 0 Å². The number of hydrogen-bond acceptors (Lipinski definition) is 12. The number of nitrogens with zero attached hydrogens (tertiary/aromatic N) is 1. The van der Waals surface area contributed by atoms with E-state index in [1.165, 1.54) is 54.8 Å². The van der Waals surface area contributed by atoms with Gasteiger partial charge in [0.25, 0.3) is 0 Å². The summed E-state index contributed by atoms with van der Waals surface area (Å²) >= 11 is 0. The van der Waals surface area contributed by atoms with E-state index < -0.39 is 0 Å². The minimum atomic E-state index is -0.265. The quantitative estimate of drug-likeness (QED) is 0.220. The minimum Gasteiger partial charge on any atom is -0.495 e. The molecule has 0 bridgehead atoms. The van der Waals surface area contributed by atoms with E-state index >= 15 is 0 Å². The van der Waals surface area contributed by atoms with Gasteiger partial charge in [0.15, 0.2) is 41.0 Å². The maximum atomic E-state index is 12.7. The van der Waals surface area contributed by atoms with Crippen molar-refractivity contribution < 1.29 is 46.8 Å². The van der Waals surface area contributed by atoms with Crippen LogP contribution in [-0.2, 0) is 0 Å². The third-order valence-electron chi connectivity index (χ3n) is 6.64. The van der Waals surface area contributed by atoms with Gasteiger partial charge < -0.3 is 37.3 Å². The maximum Gasteiger partial charge on any atom is 0.205 e. The van der Waals surface area contributed by atoms with Crippen molar-refractivity contribution in [3.05, 3.63) is 59.8 Å². The summed E-state index contributed by atoms with van der Waals surface area (Å²) in [6.45, 7) is 2.84. The first-order chi connectivity index (χ1) is 20.3. The Morgan fingerprint density at radius 3 is 1.71 bits per heavy atom. The number of hydrogen-bond donors (Lipinski definition) is 1. The van der Waals surface area contributed by atoms with E-state index in [-0.39, 0.29) is 59.0 Å². The van der Waals surface area contributed by atoms with Crippen LogP contribution in [0.4, 0.5) is 0 Å². The summed E-state index contributed by atoms with van der Waals surface area (Å²) in [5, 5.41) is 2.83. The smallest absolute Gasteiger partial charge is 0.205 e. The second-order valence-corrected chi connectivity index (χ2v) is 9.16. The van der Waals surface area contributed by atoms with Gasteiger partial charge in [0.05, 0.1) is 57.4 Å². The number of nitrogens with one attached hydrogen (secondary N) is 1. The first kappa shape index (κ1) is 28.3. The first-order valence-electron chi connectivity index (χ1n) is 12.8. The van der Waals surface area contributed by atoms with Gasteiger partial charge in [-0.1, -0.05) is 0 Å². The Bertz CT molecular complexity index is 1730. The Morgan fingerprint density at radius 1 is 0.738 bits per heavy atom. The van der Waals surface area contributed by atoms with Gasteiger partial charge in [-0.25, -0.2) is 0 Å². The van der Waals surface area contributed by atoms with Gasteiger partial charge in [0.1, 0.15) is 29.2 Å².